The molecular formula is C55H100O6. The molecule has 1 atom stereocenters. The topological polar surface area (TPSA) is 78.9 Å². The summed E-state index contributed by atoms with van der Waals surface area (Å²) in [6.45, 7) is 6.52. The van der Waals surface area contributed by atoms with Crippen molar-refractivity contribution in [3.05, 3.63) is 36.5 Å². The number of carbonyl (C=O) groups excluding carboxylic acids is 3. The molecular weight excluding hydrogens is 757 g/mol. The minimum absolute atomic E-state index is 0.0797. The van der Waals surface area contributed by atoms with Gasteiger partial charge in [0, 0.05) is 19.3 Å². The zero-order valence-electron chi connectivity index (χ0n) is 40.7. The van der Waals surface area contributed by atoms with Crippen molar-refractivity contribution in [1.29, 1.82) is 0 Å². The lowest BCUT2D eigenvalue weighted by Crippen LogP contribution is -2.30. The van der Waals surface area contributed by atoms with Gasteiger partial charge in [-0.25, -0.2) is 0 Å². The number of rotatable bonds is 48. The molecule has 6 heteroatoms. The minimum atomic E-state index is -0.781. The summed E-state index contributed by atoms with van der Waals surface area (Å²) in [6.07, 6.45) is 58.5. The molecule has 0 radical (unpaired) electrons. The first-order chi connectivity index (χ1) is 30.0. The maximum absolute atomic E-state index is 12.8. The van der Waals surface area contributed by atoms with E-state index >= 15 is 0 Å². The molecule has 0 fully saturated rings. The molecule has 0 N–H and O–H groups in total. The standard InChI is InChI=1S/C55H100O6/c1-4-7-10-13-16-19-22-25-26-27-28-29-31-33-36-39-42-45-48-54(57)60-51-52(50-59-53(56)47-44-41-38-35-32-24-21-18-15-12-9-6-3)61-55(58)49-46-43-40-37-34-30-23-20-17-14-11-8-5-2/h9,12,18,21,30,34,52H,4-8,10-11,13-17,19-20,22-29,31-33,35-51H2,1-3H3/b12-9-,21-18-,34-30-. The molecule has 6 nitrogen and oxygen atoms in total. The molecule has 0 aromatic rings. The molecule has 0 spiro atoms. The van der Waals surface area contributed by atoms with Crippen molar-refractivity contribution in [2.45, 2.75) is 284 Å². The average molecular weight is 857 g/mol. The maximum Gasteiger partial charge on any atom is 0.306 e. The molecule has 0 aromatic carbocycles. The number of allylic oxidation sites excluding steroid dienone is 6. The van der Waals surface area contributed by atoms with Crippen LogP contribution in [0, 0.1) is 0 Å². The van der Waals surface area contributed by atoms with E-state index in [1.807, 2.05) is 0 Å². The van der Waals surface area contributed by atoms with Gasteiger partial charge in [0.2, 0.25) is 0 Å². The molecule has 0 aliphatic heterocycles. The van der Waals surface area contributed by atoms with E-state index in [1.165, 1.54) is 141 Å². The summed E-state index contributed by atoms with van der Waals surface area (Å²) in [5.41, 5.74) is 0. The maximum atomic E-state index is 12.8. The lowest BCUT2D eigenvalue weighted by atomic mass is 10.0. The van der Waals surface area contributed by atoms with Crippen molar-refractivity contribution in [1.82, 2.24) is 0 Å². The normalized spacial score (nSPS) is 12.2. The summed E-state index contributed by atoms with van der Waals surface area (Å²) in [7, 11) is 0. The second-order valence-electron chi connectivity index (χ2n) is 17.8. The highest BCUT2D eigenvalue weighted by Crippen LogP contribution is 2.16. The molecule has 0 saturated heterocycles. The van der Waals surface area contributed by atoms with Gasteiger partial charge in [-0.3, -0.25) is 14.4 Å². The summed E-state index contributed by atoms with van der Waals surface area (Å²) in [5.74, 6) is -0.900. The summed E-state index contributed by atoms with van der Waals surface area (Å²) in [4.78, 5) is 37.9. The van der Waals surface area contributed by atoms with Gasteiger partial charge in [-0.1, -0.05) is 224 Å². The van der Waals surface area contributed by atoms with Crippen LogP contribution in [0.1, 0.15) is 278 Å². The Morgan fingerprint density at radius 1 is 0.344 bits per heavy atom. The van der Waals surface area contributed by atoms with E-state index < -0.39 is 6.10 Å². The van der Waals surface area contributed by atoms with Crippen LogP contribution in [-0.4, -0.2) is 37.2 Å². The fourth-order valence-electron chi connectivity index (χ4n) is 7.65. The Hall–Kier alpha value is -2.37. The van der Waals surface area contributed by atoms with Crippen LogP contribution >= 0.6 is 0 Å². The van der Waals surface area contributed by atoms with Gasteiger partial charge in [0.05, 0.1) is 0 Å². The van der Waals surface area contributed by atoms with Crippen LogP contribution in [0.25, 0.3) is 0 Å². The minimum Gasteiger partial charge on any atom is -0.462 e. The number of carbonyl (C=O) groups is 3. The summed E-state index contributed by atoms with van der Waals surface area (Å²) < 4.78 is 16.8. The van der Waals surface area contributed by atoms with E-state index in [0.717, 1.165) is 96.3 Å². The first-order valence-corrected chi connectivity index (χ1v) is 26.5. The van der Waals surface area contributed by atoms with Gasteiger partial charge in [-0.2, -0.15) is 0 Å². The highest BCUT2D eigenvalue weighted by molar-refractivity contribution is 5.71. The predicted molar refractivity (Wildman–Crippen MR) is 261 cm³/mol. The molecule has 0 aromatic heterocycles. The van der Waals surface area contributed by atoms with Crippen LogP contribution in [-0.2, 0) is 28.6 Å². The van der Waals surface area contributed by atoms with E-state index in [1.54, 1.807) is 0 Å². The molecule has 0 amide bonds. The molecule has 61 heavy (non-hydrogen) atoms. The molecule has 0 saturated carbocycles. The average Bonchev–Trinajstić information content (AvgIpc) is 3.26. The van der Waals surface area contributed by atoms with Gasteiger partial charge < -0.3 is 14.2 Å². The van der Waals surface area contributed by atoms with Gasteiger partial charge >= 0.3 is 17.9 Å². The Bertz CT molecular complexity index is 1030. The largest absolute Gasteiger partial charge is 0.462 e. The Morgan fingerprint density at radius 3 is 1.02 bits per heavy atom. The third kappa shape index (κ3) is 48.5. The van der Waals surface area contributed by atoms with Crippen LogP contribution in [0.2, 0.25) is 0 Å². The SMILES string of the molecule is CC/C=C\C/C=C\CCCCCCCC(=O)OCC(COC(=O)CCCCCCCCCCCCCCCCCCCC)OC(=O)CCCCC/C=C\CCCCCCCC. The smallest absolute Gasteiger partial charge is 0.306 e. The Labute approximate surface area is 378 Å². The van der Waals surface area contributed by atoms with Crippen molar-refractivity contribution in [2.24, 2.45) is 0 Å². The third-order valence-corrected chi connectivity index (χ3v) is 11.6. The van der Waals surface area contributed by atoms with Crippen LogP contribution < -0.4 is 0 Å². The molecule has 0 bridgehead atoms. The van der Waals surface area contributed by atoms with Gasteiger partial charge in [0.25, 0.3) is 0 Å². The number of hydrogen-bond acceptors (Lipinski definition) is 6. The number of esters is 3. The zero-order chi connectivity index (χ0) is 44.4. The Morgan fingerprint density at radius 2 is 0.639 bits per heavy atom. The van der Waals surface area contributed by atoms with Crippen LogP contribution in [0.3, 0.4) is 0 Å². The fraction of sp³-hybridized carbons (Fsp3) is 0.836. The second kappa shape index (κ2) is 50.3. The van der Waals surface area contributed by atoms with Crippen molar-refractivity contribution < 1.29 is 28.6 Å². The number of ether oxygens (including phenoxy) is 3. The van der Waals surface area contributed by atoms with Crippen LogP contribution in [0.4, 0.5) is 0 Å². The zero-order valence-corrected chi connectivity index (χ0v) is 40.7. The molecule has 0 aliphatic carbocycles. The highest BCUT2D eigenvalue weighted by Gasteiger charge is 2.19. The fourth-order valence-corrected chi connectivity index (χ4v) is 7.65. The van der Waals surface area contributed by atoms with E-state index in [-0.39, 0.29) is 31.1 Å². The first-order valence-electron chi connectivity index (χ1n) is 26.5. The van der Waals surface area contributed by atoms with Gasteiger partial charge in [-0.15, -0.1) is 0 Å². The van der Waals surface area contributed by atoms with Crippen molar-refractivity contribution in [2.75, 3.05) is 13.2 Å². The molecule has 0 aliphatic rings. The summed E-state index contributed by atoms with van der Waals surface area (Å²) in [5, 5.41) is 0. The monoisotopic (exact) mass is 857 g/mol. The second-order valence-corrected chi connectivity index (χ2v) is 17.8. The van der Waals surface area contributed by atoms with E-state index in [2.05, 4.69) is 57.2 Å². The van der Waals surface area contributed by atoms with E-state index in [0.29, 0.717) is 19.3 Å². The van der Waals surface area contributed by atoms with Crippen LogP contribution in [0.15, 0.2) is 36.5 Å². The Balaban J connectivity index is 4.33. The molecule has 1 unspecified atom stereocenters. The highest BCUT2D eigenvalue weighted by atomic mass is 16.6. The van der Waals surface area contributed by atoms with Gasteiger partial charge in [0.1, 0.15) is 13.2 Å². The third-order valence-electron chi connectivity index (χ3n) is 11.6. The predicted octanol–water partition coefficient (Wildman–Crippen LogP) is 17.3. The quantitative estimate of drug-likeness (QED) is 0.0262. The van der Waals surface area contributed by atoms with E-state index in [9.17, 15) is 14.4 Å². The van der Waals surface area contributed by atoms with E-state index in [4.69, 9.17) is 14.2 Å². The van der Waals surface area contributed by atoms with Crippen molar-refractivity contribution >= 4 is 17.9 Å². The Kier molecular flexibility index (Phi) is 48.3. The molecule has 0 rings (SSSR count). The summed E-state index contributed by atoms with van der Waals surface area (Å²) >= 11 is 0. The lowest BCUT2D eigenvalue weighted by molar-refractivity contribution is -0.167. The van der Waals surface area contributed by atoms with Gasteiger partial charge in [-0.05, 0) is 70.6 Å². The number of unbranched alkanes of at least 4 members (excludes halogenated alkanes) is 31. The van der Waals surface area contributed by atoms with Gasteiger partial charge in [0.15, 0.2) is 6.10 Å². The van der Waals surface area contributed by atoms with Crippen LogP contribution in [0.5, 0.6) is 0 Å². The first kappa shape index (κ1) is 58.6. The number of hydrogen-bond donors (Lipinski definition) is 0. The molecule has 0 heterocycles. The molecule has 356 valence electrons. The summed E-state index contributed by atoms with van der Waals surface area (Å²) in [6, 6.07) is 0. The lowest BCUT2D eigenvalue weighted by Gasteiger charge is -2.18. The van der Waals surface area contributed by atoms with Crippen molar-refractivity contribution in [3.63, 3.8) is 0 Å². The van der Waals surface area contributed by atoms with Crippen molar-refractivity contribution in [3.8, 4) is 0 Å².